The van der Waals surface area contributed by atoms with E-state index in [2.05, 4.69) is 0 Å². The highest BCUT2D eigenvalue weighted by Crippen LogP contribution is 2.40. The van der Waals surface area contributed by atoms with Crippen molar-refractivity contribution in [3.05, 3.63) is 86.4 Å². The minimum Gasteiger partial charge on any atom is -0.497 e. The Morgan fingerprint density at radius 3 is 2.34 bits per heavy atom. The van der Waals surface area contributed by atoms with Crippen molar-refractivity contribution in [2.45, 2.75) is 12.6 Å². The van der Waals surface area contributed by atoms with E-state index in [4.69, 9.17) is 9.47 Å². The van der Waals surface area contributed by atoms with E-state index in [0.717, 1.165) is 21.4 Å². The molecule has 0 radical (unpaired) electrons. The molecule has 0 amide bonds. The second kappa shape index (κ2) is 7.49. The van der Waals surface area contributed by atoms with Crippen LogP contribution in [0.1, 0.15) is 17.4 Å². The topological polar surface area (TPSA) is 67.4 Å². The third-order valence-corrected chi connectivity index (χ3v) is 6.09. The third-order valence-electron chi connectivity index (χ3n) is 6.09. The van der Waals surface area contributed by atoms with Gasteiger partial charge in [0.1, 0.15) is 17.7 Å². The van der Waals surface area contributed by atoms with Gasteiger partial charge >= 0.3 is 5.69 Å². The van der Waals surface area contributed by atoms with Crippen molar-refractivity contribution in [1.82, 2.24) is 13.7 Å². The van der Waals surface area contributed by atoms with Crippen LogP contribution in [-0.2, 0) is 25.4 Å². The fraction of sp³-hybridized carbons (Fsp3) is 0.250. The van der Waals surface area contributed by atoms with Gasteiger partial charge in [0, 0.05) is 20.6 Å². The molecule has 32 heavy (non-hydrogen) atoms. The highest BCUT2D eigenvalue weighted by Gasteiger charge is 2.33. The van der Waals surface area contributed by atoms with Gasteiger partial charge in [-0.1, -0.05) is 12.1 Å². The van der Waals surface area contributed by atoms with Crippen molar-refractivity contribution in [2.24, 2.45) is 14.1 Å². The summed E-state index contributed by atoms with van der Waals surface area (Å²) in [4.78, 5) is 26.2. The fourth-order valence-electron chi connectivity index (χ4n) is 4.52. The van der Waals surface area contributed by atoms with Crippen LogP contribution >= 0.6 is 0 Å². The maximum absolute atomic E-state index is 13.6. The Morgan fingerprint density at radius 1 is 1.00 bits per heavy atom. The molecule has 0 saturated heterocycles. The van der Waals surface area contributed by atoms with Crippen molar-refractivity contribution in [3.63, 3.8) is 0 Å². The number of hydrogen-bond acceptors (Lipinski definition) is 4. The molecule has 1 aliphatic heterocycles. The molecule has 0 aliphatic carbocycles. The largest absolute Gasteiger partial charge is 0.497 e. The molecule has 7 nitrogen and oxygen atoms in total. The molecule has 8 heteroatoms. The first-order chi connectivity index (χ1) is 15.4. The summed E-state index contributed by atoms with van der Waals surface area (Å²) in [5, 5.41) is 0.451. The first kappa shape index (κ1) is 20.3. The van der Waals surface area contributed by atoms with Crippen molar-refractivity contribution in [1.29, 1.82) is 0 Å². The average molecular weight is 435 g/mol. The van der Waals surface area contributed by atoms with Crippen molar-refractivity contribution >= 4 is 10.9 Å². The molecule has 0 saturated carbocycles. The third kappa shape index (κ3) is 2.90. The number of hydrogen-bond donors (Lipinski definition) is 0. The summed E-state index contributed by atoms with van der Waals surface area (Å²) in [7, 11) is 4.73. The Balaban J connectivity index is 1.90. The van der Waals surface area contributed by atoms with Crippen LogP contribution in [0.4, 0.5) is 4.39 Å². The Hall–Kier alpha value is -3.65. The molecule has 5 rings (SSSR count). The van der Waals surface area contributed by atoms with Crippen molar-refractivity contribution in [2.75, 3.05) is 13.7 Å². The lowest BCUT2D eigenvalue weighted by Crippen LogP contribution is -2.37. The van der Waals surface area contributed by atoms with E-state index in [1.807, 2.05) is 28.8 Å². The molecule has 164 valence electrons. The zero-order chi connectivity index (χ0) is 22.6. The molecule has 3 heterocycles. The lowest BCUT2D eigenvalue weighted by molar-refractivity contribution is 0.0478. The number of benzene rings is 2. The van der Waals surface area contributed by atoms with Gasteiger partial charge in [0.25, 0.3) is 5.56 Å². The molecule has 1 aliphatic rings. The van der Waals surface area contributed by atoms with Crippen LogP contribution in [0, 0.1) is 5.82 Å². The Bertz CT molecular complexity index is 1450. The van der Waals surface area contributed by atoms with Crippen LogP contribution in [0.25, 0.3) is 22.2 Å². The Labute approximate surface area is 182 Å². The van der Waals surface area contributed by atoms with E-state index in [-0.39, 0.29) is 11.4 Å². The molecule has 4 aromatic rings. The molecule has 0 bridgehead atoms. The average Bonchev–Trinajstić information content (AvgIpc) is 3.17. The number of halogens is 1. The summed E-state index contributed by atoms with van der Waals surface area (Å²) in [6, 6.07) is 13.6. The standard InChI is InChI=1S/C24H22FN3O4/c1-26-20-18(23(29)27(2)24(26)30)19(14-6-10-17(31-3)11-7-14)28-12-13-32-22(21(20)28)15-4-8-16(25)9-5-15/h4-11,22H,12-13H2,1-3H3/t22-/m0/s1. The van der Waals surface area contributed by atoms with Gasteiger partial charge < -0.3 is 14.0 Å². The van der Waals surface area contributed by atoms with Gasteiger partial charge in [-0.15, -0.1) is 0 Å². The van der Waals surface area contributed by atoms with Crippen LogP contribution in [-0.4, -0.2) is 27.4 Å². The molecule has 0 spiro atoms. The summed E-state index contributed by atoms with van der Waals surface area (Å²) in [5.41, 5.74) is 2.76. The lowest BCUT2D eigenvalue weighted by Gasteiger charge is -2.27. The highest BCUT2D eigenvalue weighted by molar-refractivity contribution is 5.96. The van der Waals surface area contributed by atoms with Gasteiger partial charge in [0.15, 0.2) is 0 Å². The van der Waals surface area contributed by atoms with E-state index < -0.39 is 11.8 Å². The first-order valence-corrected chi connectivity index (χ1v) is 10.3. The van der Waals surface area contributed by atoms with Gasteiger partial charge in [-0.3, -0.25) is 13.9 Å². The van der Waals surface area contributed by atoms with E-state index in [9.17, 15) is 14.0 Å². The number of nitrogens with zero attached hydrogens (tertiary/aromatic N) is 3. The van der Waals surface area contributed by atoms with E-state index in [0.29, 0.717) is 35.5 Å². The zero-order valence-electron chi connectivity index (χ0n) is 18.0. The van der Waals surface area contributed by atoms with Gasteiger partial charge in [0.2, 0.25) is 0 Å². The van der Waals surface area contributed by atoms with Gasteiger partial charge in [0.05, 0.1) is 36.0 Å². The minimum absolute atomic E-state index is 0.343. The molecule has 1 atom stereocenters. The minimum atomic E-state index is -0.545. The second-order valence-corrected chi connectivity index (χ2v) is 7.85. The van der Waals surface area contributed by atoms with Gasteiger partial charge in [-0.05, 0) is 47.5 Å². The number of ether oxygens (including phenoxy) is 2. The number of rotatable bonds is 3. The van der Waals surface area contributed by atoms with Crippen LogP contribution < -0.4 is 16.0 Å². The summed E-state index contributed by atoms with van der Waals surface area (Å²) in [5.74, 6) is 0.362. The second-order valence-electron chi connectivity index (χ2n) is 7.85. The normalized spacial score (nSPS) is 15.7. The quantitative estimate of drug-likeness (QED) is 0.496. The smallest absolute Gasteiger partial charge is 0.331 e. The predicted octanol–water partition coefficient (Wildman–Crippen LogP) is 2.97. The van der Waals surface area contributed by atoms with Crippen LogP contribution in [0.3, 0.4) is 0 Å². The summed E-state index contributed by atoms with van der Waals surface area (Å²) in [6.07, 6.45) is -0.545. The number of methoxy groups -OCH3 is 1. The molecular formula is C24H22FN3O4. The molecule has 0 fully saturated rings. The summed E-state index contributed by atoms with van der Waals surface area (Å²) >= 11 is 0. The molecule has 0 unspecified atom stereocenters. The lowest BCUT2D eigenvalue weighted by atomic mass is 10.0. The molecule has 2 aromatic carbocycles. The van der Waals surface area contributed by atoms with Crippen molar-refractivity contribution < 1.29 is 13.9 Å². The van der Waals surface area contributed by atoms with E-state index in [1.165, 1.54) is 23.7 Å². The maximum Gasteiger partial charge on any atom is 0.331 e. The van der Waals surface area contributed by atoms with Gasteiger partial charge in [-0.25, -0.2) is 9.18 Å². The Kier molecular flexibility index (Phi) is 4.74. The molecule has 2 aromatic heterocycles. The monoisotopic (exact) mass is 435 g/mol. The maximum atomic E-state index is 13.6. The van der Waals surface area contributed by atoms with E-state index in [1.54, 1.807) is 26.3 Å². The summed E-state index contributed by atoms with van der Waals surface area (Å²) in [6.45, 7) is 0.924. The highest BCUT2D eigenvalue weighted by atomic mass is 19.1. The number of aromatic nitrogens is 3. The molecular weight excluding hydrogens is 413 g/mol. The van der Waals surface area contributed by atoms with Crippen LogP contribution in [0.5, 0.6) is 5.75 Å². The SMILES string of the molecule is COc1ccc(-c2c3c(=O)n(C)c(=O)n(C)c3c3n2CCO[C@H]3c2ccc(F)cc2)cc1. The zero-order valence-corrected chi connectivity index (χ0v) is 18.0. The Morgan fingerprint density at radius 2 is 1.69 bits per heavy atom. The van der Waals surface area contributed by atoms with Crippen LogP contribution in [0.15, 0.2) is 58.1 Å². The van der Waals surface area contributed by atoms with E-state index >= 15 is 0 Å². The number of fused-ring (bicyclic) bond motifs is 3. The number of aryl methyl sites for hydroxylation is 1. The fourth-order valence-corrected chi connectivity index (χ4v) is 4.52. The summed E-state index contributed by atoms with van der Waals surface area (Å²) < 4.78 is 29.6. The molecule has 0 N–H and O–H groups in total. The predicted molar refractivity (Wildman–Crippen MR) is 119 cm³/mol. The van der Waals surface area contributed by atoms with Gasteiger partial charge in [-0.2, -0.15) is 0 Å². The van der Waals surface area contributed by atoms with Crippen molar-refractivity contribution in [3.8, 4) is 17.0 Å². The van der Waals surface area contributed by atoms with Crippen LogP contribution in [0.2, 0.25) is 0 Å². The first-order valence-electron chi connectivity index (χ1n) is 10.3.